The molecule has 16 heteroatoms. The van der Waals surface area contributed by atoms with Gasteiger partial charge in [0, 0.05) is 41.9 Å². The van der Waals surface area contributed by atoms with E-state index in [2.05, 4.69) is 10.6 Å². The number of carbonyl (C=O) groups is 3. The number of hydrogen-bond donors (Lipinski definition) is 4. The van der Waals surface area contributed by atoms with Crippen molar-refractivity contribution < 1.29 is 36.7 Å². The van der Waals surface area contributed by atoms with Crippen LogP contribution in [0.3, 0.4) is 0 Å². The Bertz CT molecular complexity index is 2190. The average Bonchev–Trinajstić information content (AvgIpc) is 3.04. The SMILES string of the molecule is Cc1c(C)n(C)c(=O)n(-c2ccc(C[C@H](NC(=O)c3cc(F)c(NS(=O)(=O)c4ccc(C(=O)NC(C)(C)C)cc4)cc3F)C(=O)O)cc2)c1=O. The number of rotatable bonds is 10. The van der Waals surface area contributed by atoms with E-state index in [9.17, 15) is 37.5 Å². The molecule has 264 valence electrons. The highest BCUT2D eigenvalue weighted by atomic mass is 32.2. The van der Waals surface area contributed by atoms with E-state index < -0.39 is 73.5 Å². The van der Waals surface area contributed by atoms with Gasteiger partial charge in [-0.25, -0.2) is 31.4 Å². The normalized spacial score (nSPS) is 12.2. The number of carbonyl (C=O) groups excluding carboxylic acids is 2. The monoisotopic (exact) mass is 711 g/mol. The number of carboxylic acids is 1. The highest BCUT2D eigenvalue weighted by Crippen LogP contribution is 2.24. The zero-order chi connectivity index (χ0) is 37.3. The van der Waals surface area contributed by atoms with Crippen LogP contribution in [0.4, 0.5) is 14.5 Å². The molecule has 50 heavy (non-hydrogen) atoms. The molecule has 0 saturated carbocycles. The van der Waals surface area contributed by atoms with Crippen LogP contribution >= 0.6 is 0 Å². The number of carboxylic acid groups (broad SMARTS) is 1. The lowest BCUT2D eigenvalue weighted by molar-refractivity contribution is -0.139. The Labute approximate surface area is 285 Å². The molecule has 13 nitrogen and oxygen atoms in total. The van der Waals surface area contributed by atoms with Crippen LogP contribution in [0.5, 0.6) is 0 Å². The number of nitrogens with one attached hydrogen (secondary N) is 3. The molecule has 4 N–H and O–H groups in total. The van der Waals surface area contributed by atoms with E-state index in [1.54, 1.807) is 34.6 Å². The van der Waals surface area contributed by atoms with Gasteiger partial charge in [0.2, 0.25) is 0 Å². The van der Waals surface area contributed by atoms with Crippen LogP contribution in [0.15, 0.2) is 75.1 Å². The van der Waals surface area contributed by atoms with E-state index in [1.165, 1.54) is 48.0 Å². The van der Waals surface area contributed by atoms with Gasteiger partial charge in [-0.05, 0) is 82.6 Å². The molecule has 0 aliphatic heterocycles. The fourth-order valence-electron chi connectivity index (χ4n) is 4.84. The van der Waals surface area contributed by atoms with Gasteiger partial charge in [0.05, 0.1) is 21.8 Å². The van der Waals surface area contributed by atoms with Crippen LogP contribution in [0.2, 0.25) is 0 Å². The molecule has 3 aromatic carbocycles. The van der Waals surface area contributed by atoms with Crippen molar-refractivity contribution in [3.63, 3.8) is 0 Å². The lowest BCUT2D eigenvalue weighted by atomic mass is 10.0. The molecule has 1 atom stereocenters. The maximum absolute atomic E-state index is 15.1. The maximum Gasteiger partial charge on any atom is 0.335 e. The van der Waals surface area contributed by atoms with Gasteiger partial charge >= 0.3 is 11.7 Å². The summed E-state index contributed by atoms with van der Waals surface area (Å²) in [6.45, 7) is 8.53. The molecule has 0 unspecified atom stereocenters. The second-order valence-electron chi connectivity index (χ2n) is 12.6. The molecule has 1 heterocycles. The molecule has 0 spiro atoms. The summed E-state index contributed by atoms with van der Waals surface area (Å²) in [6, 6.07) is 9.75. The summed E-state index contributed by atoms with van der Waals surface area (Å²) < 4.78 is 60.0. The molecule has 1 aromatic heterocycles. The third kappa shape index (κ3) is 8.14. The minimum atomic E-state index is -4.46. The number of sulfonamides is 1. The summed E-state index contributed by atoms with van der Waals surface area (Å²) in [4.78, 5) is 62.4. The molecule has 0 aliphatic carbocycles. The number of aliphatic carboxylic acids is 1. The van der Waals surface area contributed by atoms with Crippen LogP contribution in [-0.4, -0.2) is 52.0 Å². The first kappa shape index (κ1) is 37.2. The number of aromatic nitrogens is 2. The molecule has 0 radical (unpaired) electrons. The molecule has 0 fully saturated rings. The Balaban J connectivity index is 1.49. The fourth-order valence-corrected chi connectivity index (χ4v) is 5.89. The molecule has 0 saturated heterocycles. The predicted molar refractivity (Wildman–Crippen MR) is 180 cm³/mol. The van der Waals surface area contributed by atoms with Crippen molar-refractivity contribution in [3.05, 3.63) is 121 Å². The predicted octanol–water partition coefficient (Wildman–Crippen LogP) is 3.19. The summed E-state index contributed by atoms with van der Waals surface area (Å²) in [5, 5.41) is 14.6. The average molecular weight is 712 g/mol. The summed E-state index contributed by atoms with van der Waals surface area (Å²) >= 11 is 0. The topological polar surface area (TPSA) is 186 Å². The molecule has 2 amide bonds. The standard InChI is InChI=1S/C34H35F2N5O8S/c1-18-19(2)40(6)33(47)41(31(18)44)22-11-7-20(8-12-22)15-28(32(45)46)37-30(43)24-16-26(36)27(17-25(24)35)39-50(48,49)23-13-9-21(10-14-23)29(42)38-34(3,4)5/h7-14,16-17,28,39H,15H2,1-6H3,(H,37,43)(H,38,42)(H,45,46)/t28-/m0/s1. The van der Waals surface area contributed by atoms with Gasteiger partial charge in [-0.1, -0.05) is 12.1 Å². The second-order valence-corrected chi connectivity index (χ2v) is 14.3. The van der Waals surface area contributed by atoms with Crippen LogP contribution in [0, 0.1) is 25.5 Å². The number of anilines is 1. The Kier molecular flexibility index (Phi) is 10.5. The van der Waals surface area contributed by atoms with E-state index >= 15 is 8.78 Å². The summed E-state index contributed by atoms with van der Waals surface area (Å²) in [5.41, 5.74) is -1.69. The number of benzene rings is 3. The number of hydrogen-bond acceptors (Lipinski definition) is 7. The van der Waals surface area contributed by atoms with Gasteiger partial charge in [-0.2, -0.15) is 0 Å². The van der Waals surface area contributed by atoms with E-state index in [0.717, 1.165) is 16.7 Å². The first-order valence-electron chi connectivity index (χ1n) is 15.1. The molecule has 0 bridgehead atoms. The van der Waals surface area contributed by atoms with E-state index in [4.69, 9.17) is 0 Å². The summed E-state index contributed by atoms with van der Waals surface area (Å²) in [6.07, 6.45) is -0.306. The van der Waals surface area contributed by atoms with Crippen molar-refractivity contribution in [2.75, 3.05) is 4.72 Å². The third-order valence-corrected chi connectivity index (χ3v) is 9.13. The van der Waals surface area contributed by atoms with Crippen molar-refractivity contribution >= 4 is 33.5 Å². The van der Waals surface area contributed by atoms with Crippen LogP contribution < -0.4 is 26.6 Å². The fraction of sp³-hybridized carbons (Fsp3) is 0.265. The quantitative estimate of drug-likeness (QED) is 0.193. The van der Waals surface area contributed by atoms with E-state index in [1.807, 2.05) is 4.72 Å². The Morgan fingerprint density at radius 1 is 0.900 bits per heavy atom. The van der Waals surface area contributed by atoms with Crippen LogP contribution in [-0.2, 0) is 28.3 Å². The van der Waals surface area contributed by atoms with Gasteiger partial charge in [0.15, 0.2) is 0 Å². The van der Waals surface area contributed by atoms with Gasteiger partial charge in [-0.15, -0.1) is 0 Å². The van der Waals surface area contributed by atoms with Crippen molar-refractivity contribution in [3.8, 4) is 5.69 Å². The van der Waals surface area contributed by atoms with Crippen molar-refractivity contribution in [2.24, 2.45) is 7.05 Å². The lowest BCUT2D eigenvalue weighted by Crippen LogP contribution is -2.42. The minimum Gasteiger partial charge on any atom is -0.480 e. The Hall–Kier alpha value is -5.64. The third-order valence-electron chi connectivity index (χ3n) is 7.75. The highest BCUT2D eigenvalue weighted by Gasteiger charge is 2.26. The van der Waals surface area contributed by atoms with Crippen molar-refractivity contribution in [1.82, 2.24) is 19.8 Å². The maximum atomic E-state index is 15.1. The Morgan fingerprint density at radius 2 is 1.50 bits per heavy atom. The number of halogens is 2. The first-order chi connectivity index (χ1) is 23.2. The van der Waals surface area contributed by atoms with Gasteiger partial charge < -0.3 is 20.3 Å². The Morgan fingerprint density at radius 3 is 2.06 bits per heavy atom. The first-order valence-corrected chi connectivity index (χ1v) is 16.5. The summed E-state index contributed by atoms with van der Waals surface area (Å²) in [5.74, 6) is -5.89. The zero-order valence-electron chi connectivity index (χ0n) is 27.9. The highest BCUT2D eigenvalue weighted by molar-refractivity contribution is 7.92. The second kappa shape index (κ2) is 14.1. The zero-order valence-corrected chi connectivity index (χ0v) is 28.7. The van der Waals surface area contributed by atoms with E-state index in [0.29, 0.717) is 29.0 Å². The lowest BCUT2D eigenvalue weighted by Gasteiger charge is -2.20. The van der Waals surface area contributed by atoms with Gasteiger partial charge in [0.1, 0.15) is 17.7 Å². The summed E-state index contributed by atoms with van der Waals surface area (Å²) in [7, 11) is -2.94. The van der Waals surface area contributed by atoms with Gasteiger partial charge in [-0.3, -0.25) is 19.1 Å². The number of nitrogens with zero attached hydrogens (tertiary/aromatic N) is 2. The molecule has 0 aliphatic rings. The largest absolute Gasteiger partial charge is 0.480 e. The smallest absolute Gasteiger partial charge is 0.335 e. The van der Waals surface area contributed by atoms with Crippen LogP contribution in [0.1, 0.15) is 58.3 Å². The van der Waals surface area contributed by atoms with Crippen LogP contribution in [0.25, 0.3) is 5.69 Å². The molecular weight excluding hydrogens is 676 g/mol. The molecular formula is C34H35F2N5O8S. The minimum absolute atomic E-state index is 0.171. The van der Waals surface area contributed by atoms with Gasteiger partial charge in [0.25, 0.3) is 27.4 Å². The molecule has 4 aromatic rings. The molecule has 4 rings (SSSR count). The van der Waals surface area contributed by atoms with E-state index in [-0.39, 0.29) is 22.6 Å². The van der Waals surface area contributed by atoms with Crippen molar-refractivity contribution in [2.45, 2.75) is 57.5 Å². The van der Waals surface area contributed by atoms with Crippen molar-refractivity contribution in [1.29, 1.82) is 0 Å². The number of amides is 2.